The van der Waals surface area contributed by atoms with Gasteiger partial charge in [-0.3, -0.25) is 0 Å². The molecule has 204 valence electrons. The molecule has 4 rings (SSSR count). The van der Waals surface area contributed by atoms with Crippen molar-refractivity contribution >= 4 is 8.32 Å². The van der Waals surface area contributed by atoms with Gasteiger partial charge in [0.2, 0.25) is 0 Å². The van der Waals surface area contributed by atoms with Gasteiger partial charge < -0.3 is 9.53 Å². The molecule has 3 heteroatoms. The molecule has 0 heterocycles. The maximum Gasteiger partial charge on any atom is 0.192 e. The summed E-state index contributed by atoms with van der Waals surface area (Å²) in [5, 5.41) is 10.3. The number of aliphatic hydroxyl groups excluding tert-OH is 1. The zero-order valence-electron chi connectivity index (χ0n) is 24.6. The Labute approximate surface area is 224 Å². The van der Waals surface area contributed by atoms with Gasteiger partial charge in [0.05, 0.1) is 12.2 Å². The van der Waals surface area contributed by atoms with Crippen LogP contribution in [-0.4, -0.2) is 25.6 Å². The van der Waals surface area contributed by atoms with Crippen LogP contribution in [0.15, 0.2) is 36.0 Å². The molecule has 0 bridgehead atoms. The fourth-order valence-electron chi connectivity index (χ4n) is 8.98. The molecule has 0 amide bonds. The van der Waals surface area contributed by atoms with Gasteiger partial charge in [-0.15, -0.1) is 0 Å². The van der Waals surface area contributed by atoms with Gasteiger partial charge in [0.25, 0.3) is 0 Å². The summed E-state index contributed by atoms with van der Waals surface area (Å²) in [4.78, 5) is 0. The Morgan fingerprint density at radius 3 is 2.50 bits per heavy atom. The zero-order chi connectivity index (χ0) is 26.2. The number of hydrogen-bond donors (Lipinski definition) is 1. The first-order valence-electron chi connectivity index (χ1n) is 15.4. The normalized spacial score (nSPS) is 36.9. The molecule has 7 atom stereocenters. The van der Waals surface area contributed by atoms with Crippen molar-refractivity contribution < 1.29 is 9.53 Å². The number of fused-ring (bicyclic) bond motifs is 2. The van der Waals surface area contributed by atoms with Crippen LogP contribution in [0.25, 0.3) is 0 Å². The average Bonchev–Trinajstić information content (AvgIpc) is 3.20. The van der Waals surface area contributed by atoms with E-state index >= 15 is 0 Å². The predicted octanol–water partition coefficient (Wildman–Crippen LogP) is 9.09. The first-order valence-corrected chi connectivity index (χ1v) is 18.0. The molecule has 0 aromatic heterocycles. The summed E-state index contributed by atoms with van der Waals surface area (Å²) in [6.45, 7) is 17.0. The van der Waals surface area contributed by atoms with Gasteiger partial charge >= 0.3 is 0 Å². The lowest BCUT2D eigenvalue weighted by Gasteiger charge is -2.44. The zero-order valence-corrected chi connectivity index (χ0v) is 25.6. The lowest BCUT2D eigenvalue weighted by Crippen LogP contribution is -2.44. The van der Waals surface area contributed by atoms with Gasteiger partial charge in [-0.05, 0) is 112 Å². The molecule has 1 N–H and O–H groups in total. The summed E-state index contributed by atoms with van der Waals surface area (Å²) in [6.07, 6.45) is 22.5. The average molecular weight is 513 g/mol. The molecule has 0 spiro atoms. The molecule has 4 aliphatic rings. The van der Waals surface area contributed by atoms with Crippen LogP contribution in [0, 0.1) is 40.4 Å². The summed E-state index contributed by atoms with van der Waals surface area (Å²) in [7, 11) is -1.59. The maximum absolute atomic E-state index is 10.3. The molecule has 3 fully saturated rings. The van der Waals surface area contributed by atoms with E-state index in [4.69, 9.17) is 4.43 Å². The highest BCUT2D eigenvalue weighted by Gasteiger charge is 2.58. The number of allylic oxidation sites excluding steroid dienone is 4. The van der Waals surface area contributed by atoms with Crippen LogP contribution in [-0.2, 0) is 4.43 Å². The van der Waals surface area contributed by atoms with E-state index < -0.39 is 8.32 Å². The van der Waals surface area contributed by atoms with Crippen molar-refractivity contribution in [1.29, 1.82) is 0 Å². The standard InChI is InChI=1S/C33H56O2Si/c1-8-36(9-2,10-3)35-31(5,6)19-11-14-25(4)29-17-18-30-26(15-12-20-32(29,30)7)22-28(24-34)33-21-13-16-27(33)23-33/h11,13-14,21-22,25,27-30,34H,8-10,12,15-20,23-24H2,1-7H3/b14-11+,26-22+/t25-,27-,28+,29-,30+,32-,33-/m1/s1. The van der Waals surface area contributed by atoms with E-state index in [9.17, 15) is 5.11 Å². The number of aliphatic hydroxyl groups is 1. The molecule has 0 radical (unpaired) electrons. The van der Waals surface area contributed by atoms with Crippen LogP contribution >= 0.6 is 0 Å². The predicted molar refractivity (Wildman–Crippen MR) is 156 cm³/mol. The van der Waals surface area contributed by atoms with E-state index in [0.717, 1.165) is 18.3 Å². The SMILES string of the molecule is CC[Si](CC)(CC)OC(C)(C)C/C=C/[C@@H](C)[C@H]1CC[C@H]2/C(=C/[C@@H](CO)[C@@]34C=CC[C@@H]3C4)CCC[C@]12C. The molecular formula is C33H56O2Si. The quantitative estimate of drug-likeness (QED) is 0.209. The Morgan fingerprint density at radius 1 is 1.19 bits per heavy atom. The third-order valence-electron chi connectivity index (χ3n) is 11.5. The van der Waals surface area contributed by atoms with Gasteiger partial charge in [0.1, 0.15) is 0 Å². The Kier molecular flexibility index (Phi) is 8.55. The van der Waals surface area contributed by atoms with Crippen LogP contribution in [0.1, 0.15) is 99.8 Å². The summed E-state index contributed by atoms with van der Waals surface area (Å²) < 4.78 is 6.86. The van der Waals surface area contributed by atoms with E-state index in [1.807, 2.05) is 0 Å². The van der Waals surface area contributed by atoms with Crippen molar-refractivity contribution in [2.24, 2.45) is 40.4 Å². The number of hydrogen-bond acceptors (Lipinski definition) is 2. The Bertz CT molecular complexity index is 843. The van der Waals surface area contributed by atoms with E-state index in [1.165, 1.54) is 63.1 Å². The van der Waals surface area contributed by atoms with E-state index in [1.54, 1.807) is 5.57 Å². The highest BCUT2D eigenvalue weighted by Crippen LogP contribution is 2.65. The monoisotopic (exact) mass is 512 g/mol. The lowest BCUT2D eigenvalue weighted by molar-refractivity contribution is 0.0973. The second-order valence-electron chi connectivity index (χ2n) is 13.9. The van der Waals surface area contributed by atoms with Gasteiger partial charge in [0, 0.05) is 11.3 Å². The molecule has 36 heavy (non-hydrogen) atoms. The Morgan fingerprint density at radius 2 is 1.92 bits per heavy atom. The summed E-state index contributed by atoms with van der Waals surface area (Å²) in [6, 6.07) is 3.66. The van der Waals surface area contributed by atoms with Crippen molar-refractivity contribution in [2.75, 3.05) is 6.61 Å². The molecule has 3 saturated carbocycles. The molecule has 0 aliphatic heterocycles. The highest BCUT2D eigenvalue weighted by molar-refractivity contribution is 6.73. The third-order valence-corrected chi connectivity index (χ3v) is 16.4. The summed E-state index contributed by atoms with van der Waals surface area (Å²) in [5.74, 6) is 3.22. The van der Waals surface area contributed by atoms with Crippen molar-refractivity contribution in [3.63, 3.8) is 0 Å². The number of rotatable bonds is 12. The molecule has 0 aromatic carbocycles. The van der Waals surface area contributed by atoms with E-state index in [2.05, 4.69) is 78.8 Å². The van der Waals surface area contributed by atoms with Crippen molar-refractivity contribution in [3.8, 4) is 0 Å². The largest absolute Gasteiger partial charge is 0.412 e. The van der Waals surface area contributed by atoms with Crippen molar-refractivity contribution in [3.05, 3.63) is 36.0 Å². The third kappa shape index (κ3) is 5.28. The van der Waals surface area contributed by atoms with Crippen LogP contribution in [0.2, 0.25) is 18.1 Å². The Balaban J connectivity index is 1.41. The second kappa shape index (κ2) is 10.9. The molecule has 0 aromatic rings. The van der Waals surface area contributed by atoms with E-state index in [-0.39, 0.29) is 5.60 Å². The van der Waals surface area contributed by atoms with Crippen LogP contribution in [0.3, 0.4) is 0 Å². The van der Waals surface area contributed by atoms with Crippen LogP contribution in [0.4, 0.5) is 0 Å². The molecule has 4 aliphatic carbocycles. The molecule has 2 nitrogen and oxygen atoms in total. The minimum atomic E-state index is -1.59. The van der Waals surface area contributed by atoms with Gasteiger partial charge in [-0.1, -0.05) is 70.6 Å². The topological polar surface area (TPSA) is 29.5 Å². The fourth-order valence-corrected chi connectivity index (χ4v) is 12.2. The molecular weight excluding hydrogens is 456 g/mol. The summed E-state index contributed by atoms with van der Waals surface area (Å²) >= 11 is 0. The van der Waals surface area contributed by atoms with Crippen molar-refractivity contribution in [1.82, 2.24) is 0 Å². The smallest absolute Gasteiger partial charge is 0.192 e. The van der Waals surface area contributed by atoms with Gasteiger partial charge in [-0.2, -0.15) is 0 Å². The highest BCUT2D eigenvalue weighted by atomic mass is 28.4. The minimum Gasteiger partial charge on any atom is -0.412 e. The lowest BCUT2D eigenvalue weighted by atomic mass is 9.60. The Hall–Kier alpha value is -0.643. The van der Waals surface area contributed by atoms with Gasteiger partial charge in [-0.25, -0.2) is 0 Å². The minimum absolute atomic E-state index is 0.0680. The second-order valence-corrected chi connectivity index (χ2v) is 18.6. The maximum atomic E-state index is 10.3. The van der Waals surface area contributed by atoms with Crippen LogP contribution < -0.4 is 0 Å². The molecule has 0 saturated heterocycles. The molecule has 0 unspecified atom stereocenters. The first kappa shape index (κ1) is 28.4. The summed E-state index contributed by atoms with van der Waals surface area (Å²) in [5.41, 5.74) is 2.32. The van der Waals surface area contributed by atoms with Crippen LogP contribution in [0.5, 0.6) is 0 Å². The van der Waals surface area contributed by atoms with Gasteiger partial charge in [0.15, 0.2) is 8.32 Å². The van der Waals surface area contributed by atoms with Crippen molar-refractivity contribution in [2.45, 2.75) is 124 Å². The van der Waals surface area contributed by atoms with E-state index in [0.29, 0.717) is 35.2 Å². The fraction of sp³-hybridized carbons (Fsp3) is 0.818. The first-order chi connectivity index (χ1) is 17.1.